The van der Waals surface area contributed by atoms with Gasteiger partial charge in [-0.2, -0.15) is 5.26 Å². The summed E-state index contributed by atoms with van der Waals surface area (Å²) < 4.78 is 12.8. The van der Waals surface area contributed by atoms with E-state index in [1.165, 1.54) is 12.1 Å². The summed E-state index contributed by atoms with van der Waals surface area (Å²) in [6.07, 6.45) is 0.103. The topological polar surface area (TPSA) is 40.9 Å². The molecule has 0 fully saturated rings. The Kier molecular flexibility index (Phi) is 4.04. The summed E-state index contributed by atoms with van der Waals surface area (Å²) in [4.78, 5) is 12.0. The van der Waals surface area contributed by atoms with Crippen molar-refractivity contribution in [3.05, 3.63) is 71.5 Å². The van der Waals surface area contributed by atoms with Gasteiger partial charge in [0, 0.05) is 12.0 Å². The summed E-state index contributed by atoms with van der Waals surface area (Å²) in [5.74, 6) is -0.986. The molecular formula is C16H12FNO. The minimum absolute atomic E-state index is 0.0866. The number of Topliss-reactive ketones (excluding diaryl/α,β-unsaturated/α-hetero) is 1. The van der Waals surface area contributed by atoms with Crippen molar-refractivity contribution in [3.63, 3.8) is 0 Å². The number of hydrogen-bond acceptors (Lipinski definition) is 2. The fourth-order valence-electron chi connectivity index (χ4n) is 1.86. The van der Waals surface area contributed by atoms with Crippen LogP contribution in [0.25, 0.3) is 0 Å². The molecule has 0 aliphatic heterocycles. The highest BCUT2D eigenvalue weighted by atomic mass is 19.1. The van der Waals surface area contributed by atoms with Crippen molar-refractivity contribution in [1.29, 1.82) is 5.26 Å². The van der Waals surface area contributed by atoms with Crippen molar-refractivity contribution >= 4 is 5.78 Å². The second-order valence-corrected chi connectivity index (χ2v) is 4.23. The highest BCUT2D eigenvalue weighted by Crippen LogP contribution is 2.21. The van der Waals surface area contributed by atoms with Gasteiger partial charge in [-0.25, -0.2) is 4.39 Å². The van der Waals surface area contributed by atoms with Crippen LogP contribution in [-0.2, 0) is 0 Å². The molecule has 0 saturated carbocycles. The minimum atomic E-state index is -0.548. The zero-order chi connectivity index (χ0) is 13.7. The van der Waals surface area contributed by atoms with Crippen LogP contribution >= 0.6 is 0 Å². The molecule has 2 rings (SSSR count). The van der Waals surface area contributed by atoms with E-state index in [1.807, 2.05) is 6.07 Å². The summed E-state index contributed by atoms with van der Waals surface area (Å²) in [6.45, 7) is 0. The second kappa shape index (κ2) is 5.92. The highest BCUT2D eigenvalue weighted by Gasteiger charge is 2.16. The maximum absolute atomic E-state index is 12.8. The number of hydrogen-bond donors (Lipinski definition) is 0. The smallest absolute Gasteiger partial charge is 0.164 e. The van der Waals surface area contributed by atoms with Crippen LogP contribution in [0.15, 0.2) is 54.6 Å². The van der Waals surface area contributed by atoms with Crippen LogP contribution in [0, 0.1) is 17.1 Å². The molecule has 0 unspecified atom stereocenters. The molecule has 0 bridgehead atoms. The highest BCUT2D eigenvalue weighted by molar-refractivity contribution is 5.96. The average Bonchev–Trinajstić information content (AvgIpc) is 2.46. The van der Waals surface area contributed by atoms with Crippen LogP contribution in [0.1, 0.15) is 28.3 Å². The van der Waals surface area contributed by atoms with Gasteiger partial charge in [0.25, 0.3) is 0 Å². The largest absolute Gasteiger partial charge is 0.294 e. The van der Waals surface area contributed by atoms with Crippen LogP contribution in [0.4, 0.5) is 4.39 Å². The second-order valence-electron chi connectivity index (χ2n) is 4.23. The van der Waals surface area contributed by atoms with Gasteiger partial charge in [-0.15, -0.1) is 0 Å². The van der Waals surface area contributed by atoms with Crippen molar-refractivity contribution in [1.82, 2.24) is 0 Å². The molecule has 2 nitrogen and oxygen atoms in total. The first kappa shape index (κ1) is 13.0. The van der Waals surface area contributed by atoms with Gasteiger partial charge in [-0.1, -0.05) is 42.5 Å². The van der Waals surface area contributed by atoms with Crippen LogP contribution in [0.3, 0.4) is 0 Å². The lowest BCUT2D eigenvalue weighted by Crippen LogP contribution is -2.06. The molecule has 3 heteroatoms. The van der Waals surface area contributed by atoms with Crippen LogP contribution in [-0.4, -0.2) is 5.78 Å². The fourth-order valence-corrected chi connectivity index (χ4v) is 1.86. The molecule has 19 heavy (non-hydrogen) atoms. The molecule has 0 aliphatic rings. The van der Waals surface area contributed by atoms with E-state index in [2.05, 4.69) is 6.07 Å². The molecule has 0 amide bonds. The van der Waals surface area contributed by atoms with Crippen LogP contribution in [0.2, 0.25) is 0 Å². The third-order valence-corrected chi connectivity index (χ3v) is 2.91. The first-order valence-corrected chi connectivity index (χ1v) is 5.94. The summed E-state index contributed by atoms with van der Waals surface area (Å²) >= 11 is 0. The fraction of sp³-hybridized carbons (Fsp3) is 0.125. The molecule has 0 saturated heterocycles. The van der Waals surface area contributed by atoms with Crippen molar-refractivity contribution < 1.29 is 9.18 Å². The zero-order valence-corrected chi connectivity index (χ0v) is 10.2. The summed E-state index contributed by atoms with van der Waals surface area (Å²) in [5.41, 5.74) is 1.25. The van der Waals surface area contributed by atoms with Gasteiger partial charge in [0.2, 0.25) is 0 Å². The molecule has 0 N–H and O–H groups in total. The van der Waals surface area contributed by atoms with Crippen molar-refractivity contribution in [3.8, 4) is 6.07 Å². The monoisotopic (exact) mass is 253 g/mol. The van der Waals surface area contributed by atoms with Gasteiger partial charge in [0.15, 0.2) is 5.78 Å². The number of ketones is 1. The predicted molar refractivity (Wildman–Crippen MR) is 70.1 cm³/mol. The van der Waals surface area contributed by atoms with Crippen molar-refractivity contribution in [2.45, 2.75) is 12.3 Å². The summed E-state index contributed by atoms with van der Waals surface area (Å²) in [7, 11) is 0. The number of carbonyl (C=O) groups is 1. The lowest BCUT2D eigenvalue weighted by molar-refractivity contribution is 0.0979. The van der Waals surface area contributed by atoms with Gasteiger partial charge in [0.05, 0.1) is 12.0 Å². The summed E-state index contributed by atoms with van der Waals surface area (Å²) in [5, 5.41) is 9.15. The molecule has 0 spiro atoms. The molecule has 2 aromatic carbocycles. The maximum Gasteiger partial charge on any atom is 0.164 e. The molecule has 0 radical (unpaired) electrons. The molecular weight excluding hydrogens is 241 g/mol. The van der Waals surface area contributed by atoms with E-state index in [0.29, 0.717) is 11.1 Å². The van der Waals surface area contributed by atoms with Gasteiger partial charge in [0.1, 0.15) is 5.82 Å². The van der Waals surface area contributed by atoms with E-state index >= 15 is 0 Å². The molecule has 94 valence electrons. The Morgan fingerprint density at radius 3 is 2.32 bits per heavy atom. The van der Waals surface area contributed by atoms with Gasteiger partial charge >= 0.3 is 0 Å². The normalized spacial score (nSPS) is 11.6. The Bertz CT molecular complexity index is 599. The number of nitriles is 1. The lowest BCUT2D eigenvalue weighted by atomic mass is 9.93. The Hall–Kier alpha value is -2.47. The van der Waals surface area contributed by atoms with E-state index in [1.54, 1.807) is 36.4 Å². The van der Waals surface area contributed by atoms with E-state index in [4.69, 9.17) is 5.26 Å². The zero-order valence-electron chi connectivity index (χ0n) is 10.2. The maximum atomic E-state index is 12.8. The molecule has 0 aromatic heterocycles. The number of carbonyl (C=O) groups excluding carboxylic acids is 1. The molecule has 0 aliphatic carbocycles. The van der Waals surface area contributed by atoms with Crippen molar-refractivity contribution in [2.24, 2.45) is 0 Å². The average molecular weight is 253 g/mol. The minimum Gasteiger partial charge on any atom is -0.294 e. The van der Waals surface area contributed by atoms with Gasteiger partial charge in [-0.3, -0.25) is 4.79 Å². The van der Waals surface area contributed by atoms with E-state index in [0.717, 1.165) is 0 Å². The quantitative estimate of drug-likeness (QED) is 0.779. The first-order valence-electron chi connectivity index (χ1n) is 5.94. The Balaban J connectivity index is 2.14. The Morgan fingerprint density at radius 2 is 1.74 bits per heavy atom. The van der Waals surface area contributed by atoms with Gasteiger partial charge in [-0.05, 0) is 17.7 Å². The molecule has 0 heterocycles. The number of halogens is 1. The Morgan fingerprint density at radius 1 is 1.11 bits per heavy atom. The molecule has 2 aromatic rings. The number of nitrogens with zero attached hydrogens (tertiary/aromatic N) is 1. The third-order valence-electron chi connectivity index (χ3n) is 2.91. The summed E-state index contributed by atoms with van der Waals surface area (Å²) in [6, 6.07) is 16.6. The lowest BCUT2D eigenvalue weighted by Gasteiger charge is -2.08. The standard InChI is InChI=1S/C16H12FNO/c17-15-8-6-12(7-9-15)14(11-18)10-16(19)13-4-2-1-3-5-13/h1-9,14H,10H2/t14-/m0/s1. The van der Waals surface area contributed by atoms with E-state index in [-0.39, 0.29) is 18.0 Å². The Labute approximate surface area is 111 Å². The van der Waals surface area contributed by atoms with Gasteiger partial charge < -0.3 is 0 Å². The van der Waals surface area contributed by atoms with Crippen LogP contribution in [0.5, 0.6) is 0 Å². The molecule has 1 atom stereocenters. The van der Waals surface area contributed by atoms with Crippen molar-refractivity contribution in [2.75, 3.05) is 0 Å². The SMILES string of the molecule is N#C[C@H](CC(=O)c1ccccc1)c1ccc(F)cc1. The van der Waals surface area contributed by atoms with E-state index in [9.17, 15) is 9.18 Å². The first-order chi connectivity index (χ1) is 9.20. The number of benzene rings is 2. The van der Waals surface area contributed by atoms with E-state index < -0.39 is 5.92 Å². The predicted octanol–water partition coefficient (Wildman–Crippen LogP) is 3.71. The van der Waals surface area contributed by atoms with Crippen LogP contribution < -0.4 is 0 Å². The third kappa shape index (κ3) is 3.26. The number of rotatable bonds is 4.